The van der Waals surface area contributed by atoms with Gasteiger partial charge in [-0.1, -0.05) is 39.8 Å². The Morgan fingerprint density at radius 2 is 1.76 bits per heavy atom. The minimum Gasteiger partial charge on any atom is -0.497 e. The van der Waals surface area contributed by atoms with E-state index in [9.17, 15) is 14.9 Å². The van der Waals surface area contributed by atoms with E-state index in [0.29, 0.717) is 17.0 Å². The van der Waals surface area contributed by atoms with Crippen LogP contribution in [0.3, 0.4) is 0 Å². The number of halogens is 1. The van der Waals surface area contributed by atoms with Crippen LogP contribution in [-0.2, 0) is 9.59 Å². The zero-order chi connectivity index (χ0) is 20.7. The van der Waals surface area contributed by atoms with Crippen LogP contribution in [0.2, 0.25) is 0 Å². The van der Waals surface area contributed by atoms with Gasteiger partial charge in [-0.25, -0.2) is 4.90 Å². The summed E-state index contributed by atoms with van der Waals surface area (Å²) in [5.74, 6) is -1.27. The first kappa shape index (κ1) is 19.6. The number of nitrogens with zero attached hydrogens (tertiary/aromatic N) is 2. The molecule has 0 unspecified atom stereocenters. The Morgan fingerprint density at radius 3 is 2.34 bits per heavy atom. The largest absolute Gasteiger partial charge is 0.497 e. The van der Waals surface area contributed by atoms with Gasteiger partial charge in [0.05, 0.1) is 35.4 Å². The highest BCUT2D eigenvalue weighted by atomic mass is 79.9. The van der Waals surface area contributed by atoms with Crippen molar-refractivity contribution >= 4 is 45.2 Å². The van der Waals surface area contributed by atoms with Gasteiger partial charge in [0.15, 0.2) is 0 Å². The molecule has 146 valence electrons. The topological polar surface area (TPSA) is 96.4 Å². The van der Waals surface area contributed by atoms with Gasteiger partial charge >= 0.3 is 0 Å². The maximum Gasteiger partial charge on any atom is 0.248 e. The van der Waals surface area contributed by atoms with Crippen LogP contribution in [0.25, 0.3) is 0 Å². The van der Waals surface area contributed by atoms with E-state index < -0.39 is 17.1 Å². The number of fused-ring (bicyclic) bond motifs is 1. The average Bonchev–Trinajstić information content (AvgIpc) is 2.97. The van der Waals surface area contributed by atoms with Crippen molar-refractivity contribution in [3.63, 3.8) is 0 Å². The lowest BCUT2D eigenvalue weighted by Gasteiger charge is -2.30. The third-order valence-corrected chi connectivity index (χ3v) is 6.92. The molecule has 1 saturated heterocycles. The van der Waals surface area contributed by atoms with Crippen LogP contribution in [0, 0.1) is 17.2 Å². The summed E-state index contributed by atoms with van der Waals surface area (Å²) in [5.41, 5.74) is 7.72. The number of amides is 2. The minimum absolute atomic E-state index is 0.286. The Kier molecular flexibility index (Phi) is 5.11. The molecule has 2 N–H and O–H groups in total. The van der Waals surface area contributed by atoms with Crippen molar-refractivity contribution in [3.05, 3.63) is 69.2 Å². The van der Waals surface area contributed by atoms with Crippen LogP contribution in [0.4, 0.5) is 5.69 Å². The number of hydrogen-bond acceptors (Lipinski definition) is 6. The maximum absolute atomic E-state index is 13.4. The molecular weight excluding hydrogens is 454 g/mol. The Labute approximate surface area is 180 Å². The molecule has 3 atom stereocenters. The fourth-order valence-corrected chi connectivity index (χ4v) is 5.26. The maximum atomic E-state index is 13.4. The minimum atomic E-state index is -0.702. The molecule has 0 radical (unpaired) electrons. The molecule has 0 aliphatic carbocycles. The molecule has 2 aliphatic rings. The van der Waals surface area contributed by atoms with E-state index in [-0.39, 0.29) is 16.8 Å². The van der Waals surface area contributed by atoms with Crippen molar-refractivity contribution < 1.29 is 14.3 Å². The van der Waals surface area contributed by atoms with Crippen molar-refractivity contribution in [2.75, 3.05) is 12.0 Å². The standard InChI is InChI=1S/C21H16BrN3O3S/c1-28-14-8-2-11(3-9-14)16-15(10-23)19(24)29-18-17(16)20(26)25(21(18)27)13-6-4-12(22)5-7-13/h2-9,16-18H,24H2,1H3/t16-,17-,18+/m1/s1. The van der Waals surface area contributed by atoms with Crippen molar-refractivity contribution in [2.24, 2.45) is 11.7 Å². The summed E-state index contributed by atoms with van der Waals surface area (Å²) in [5, 5.41) is 9.35. The summed E-state index contributed by atoms with van der Waals surface area (Å²) in [6, 6.07) is 16.3. The number of anilines is 1. The van der Waals surface area contributed by atoms with Crippen molar-refractivity contribution in [3.8, 4) is 11.8 Å². The number of ether oxygens (including phenoxy) is 1. The Bertz CT molecular complexity index is 1060. The summed E-state index contributed by atoms with van der Waals surface area (Å²) in [4.78, 5) is 27.7. The van der Waals surface area contributed by atoms with E-state index in [1.54, 1.807) is 55.6 Å². The summed E-state index contributed by atoms with van der Waals surface area (Å²) >= 11 is 4.46. The lowest BCUT2D eigenvalue weighted by atomic mass is 9.79. The molecule has 6 nitrogen and oxygen atoms in total. The Balaban J connectivity index is 1.80. The molecule has 4 rings (SSSR count). The van der Waals surface area contributed by atoms with Gasteiger partial charge < -0.3 is 10.5 Å². The van der Waals surface area contributed by atoms with Crippen LogP contribution < -0.4 is 15.4 Å². The zero-order valence-corrected chi connectivity index (χ0v) is 17.7. The second-order valence-corrected chi connectivity index (χ2v) is 8.79. The van der Waals surface area contributed by atoms with Gasteiger partial charge in [-0.2, -0.15) is 5.26 Å². The zero-order valence-electron chi connectivity index (χ0n) is 15.3. The van der Waals surface area contributed by atoms with Gasteiger partial charge in [-0.3, -0.25) is 9.59 Å². The molecule has 0 bridgehead atoms. The quantitative estimate of drug-likeness (QED) is 0.690. The molecule has 2 amide bonds. The van der Waals surface area contributed by atoms with E-state index in [4.69, 9.17) is 10.5 Å². The Hall–Kier alpha value is -2.76. The lowest BCUT2D eigenvalue weighted by Crippen LogP contribution is -2.33. The van der Waals surface area contributed by atoms with Crippen molar-refractivity contribution in [2.45, 2.75) is 11.2 Å². The monoisotopic (exact) mass is 469 g/mol. The molecule has 0 saturated carbocycles. The number of allylic oxidation sites excluding steroid dienone is 1. The van der Waals surface area contributed by atoms with Gasteiger partial charge in [0.25, 0.3) is 0 Å². The molecule has 2 heterocycles. The number of carbonyl (C=O) groups is 2. The highest BCUT2D eigenvalue weighted by molar-refractivity contribution is 9.10. The number of hydrogen-bond donors (Lipinski definition) is 1. The second kappa shape index (κ2) is 7.58. The van der Waals surface area contributed by atoms with Gasteiger partial charge in [0.1, 0.15) is 11.0 Å². The summed E-state index contributed by atoms with van der Waals surface area (Å²) in [6.07, 6.45) is 0. The molecule has 29 heavy (non-hydrogen) atoms. The van der Waals surface area contributed by atoms with Crippen LogP contribution in [0.5, 0.6) is 5.75 Å². The average molecular weight is 470 g/mol. The lowest BCUT2D eigenvalue weighted by molar-refractivity contribution is -0.122. The third-order valence-electron chi connectivity index (χ3n) is 5.17. The smallest absolute Gasteiger partial charge is 0.248 e. The first-order valence-corrected chi connectivity index (χ1v) is 10.5. The number of thioether (sulfide) groups is 1. The summed E-state index contributed by atoms with van der Waals surface area (Å²) in [6.45, 7) is 0. The van der Waals surface area contributed by atoms with Gasteiger partial charge in [0.2, 0.25) is 11.8 Å². The molecule has 2 aromatic rings. The number of nitriles is 1. The van der Waals surface area contributed by atoms with Crippen LogP contribution >= 0.6 is 27.7 Å². The predicted octanol–water partition coefficient (Wildman–Crippen LogP) is 3.54. The van der Waals surface area contributed by atoms with E-state index in [1.807, 2.05) is 0 Å². The van der Waals surface area contributed by atoms with Gasteiger partial charge in [0, 0.05) is 10.4 Å². The molecule has 1 fully saturated rings. The molecular formula is C21H16BrN3O3S. The number of rotatable bonds is 3. The Morgan fingerprint density at radius 1 is 1.10 bits per heavy atom. The number of benzene rings is 2. The fraction of sp³-hybridized carbons (Fsp3) is 0.190. The molecule has 8 heteroatoms. The normalized spacial score (nSPS) is 23.8. The third kappa shape index (κ3) is 3.20. The van der Waals surface area contributed by atoms with E-state index >= 15 is 0 Å². The SMILES string of the molecule is COc1ccc([C@@H]2C(C#N)=C(N)S[C@@H]3C(=O)N(c4ccc(Br)cc4)C(=O)[C@@H]32)cc1. The van der Waals surface area contributed by atoms with Gasteiger partial charge in [-0.05, 0) is 42.0 Å². The second-order valence-electron chi connectivity index (χ2n) is 6.69. The number of imide groups is 1. The molecule has 2 aliphatic heterocycles. The molecule has 0 spiro atoms. The first-order valence-electron chi connectivity index (χ1n) is 8.80. The van der Waals surface area contributed by atoms with Gasteiger partial charge in [-0.15, -0.1) is 0 Å². The number of methoxy groups -OCH3 is 1. The highest BCUT2D eigenvalue weighted by Gasteiger charge is 2.56. The number of carbonyl (C=O) groups excluding carboxylic acids is 2. The first-order chi connectivity index (χ1) is 14.0. The number of nitrogens with two attached hydrogens (primary N) is 1. The van der Waals surface area contributed by atoms with Crippen LogP contribution in [-0.4, -0.2) is 24.2 Å². The predicted molar refractivity (Wildman–Crippen MR) is 114 cm³/mol. The molecule has 0 aromatic heterocycles. The van der Waals surface area contributed by atoms with E-state index in [0.717, 1.165) is 21.8 Å². The molecule has 2 aromatic carbocycles. The summed E-state index contributed by atoms with van der Waals surface area (Å²) < 4.78 is 6.05. The van der Waals surface area contributed by atoms with Crippen LogP contribution in [0.15, 0.2) is 63.6 Å². The van der Waals surface area contributed by atoms with E-state index in [1.165, 1.54) is 4.90 Å². The van der Waals surface area contributed by atoms with Crippen molar-refractivity contribution in [1.29, 1.82) is 5.26 Å². The van der Waals surface area contributed by atoms with Crippen molar-refractivity contribution in [1.82, 2.24) is 0 Å². The van der Waals surface area contributed by atoms with E-state index in [2.05, 4.69) is 22.0 Å². The highest BCUT2D eigenvalue weighted by Crippen LogP contribution is 2.50. The fourth-order valence-electron chi connectivity index (χ4n) is 3.80. The van der Waals surface area contributed by atoms with Crippen LogP contribution in [0.1, 0.15) is 11.5 Å². The summed E-state index contributed by atoms with van der Waals surface area (Å²) in [7, 11) is 1.57.